The molecule has 2 aliphatic heterocycles. The van der Waals surface area contributed by atoms with Crippen LogP contribution < -0.4 is 0 Å². The van der Waals surface area contributed by atoms with Crippen LogP contribution in [0.2, 0.25) is 0 Å². The van der Waals surface area contributed by atoms with E-state index in [9.17, 15) is 5.11 Å². The lowest BCUT2D eigenvalue weighted by molar-refractivity contribution is 0.0242. The van der Waals surface area contributed by atoms with E-state index in [0.717, 1.165) is 68.0 Å². The molecule has 25 heavy (non-hydrogen) atoms. The number of piperidine rings is 2. The van der Waals surface area contributed by atoms with Gasteiger partial charge in [-0.25, -0.2) is 9.97 Å². The summed E-state index contributed by atoms with van der Waals surface area (Å²) in [5, 5.41) is 9.91. The number of nitrogens with zero attached hydrogens (tertiary/aromatic N) is 4. The van der Waals surface area contributed by atoms with Crippen molar-refractivity contribution in [1.82, 2.24) is 19.8 Å². The second-order valence-electron chi connectivity index (χ2n) is 7.54. The highest BCUT2D eigenvalue weighted by Gasteiger charge is 2.28. The summed E-state index contributed by atoms with van der Waals surface area (Å²) in [5.41, 5.74) is 4.11. The van der Waals surface area contributed by atoms with Gasteiger partial charge >= 0.3 is 0 Å². The Morgan fingerprint density at radius 1 is 1.04 bits per heavy atom. The first-order valence-electron chi connectivity index (χ1n) is 9.56. The molecule has 5 nitrogen and oxygen atoms in total. The van der Waals surface area contributed by atoms with E-state index >= 15 is 0 Å². The van der Waals surface area contributed by atoms with Crippen molar-refractivity contribution >= 4 is 11.0 Å². The molecule has 1 unspecified atom stereocenters. The second kappa shape index (κ2) is 7.36. The van der Waals surface area contributed by atoms with Crippen LogP contribution in [0.1, 0.15) is 37.1 Å². The van der Waals surface area contributed by atoms with Gasteiger partial charge in [0.25, 0.3) is 0 Å². The molecule has 1 atom stereocenters. The standard InChI is InChI=1S/C20H28N4O/c1-15-20(22-19-7-3-2-6-18(19)21-15)14-23-11-8-16(9-12-23)24-10-4-5-17(25)13-24/h2-3,6-7,16-17,25H,4-5,8-14H2,1H3. The summed E-state index contributed by atoms with van der Waals surface area (Å²) in [7, 11) is 0. The molecular formula is C20H28N4O. The van der Waals surface area contributed by atoms with Crippen molar-refractivity contribution in [2.45, 2.75) is 51.3 Å². The molecule has 2 saturated heterocycles. The Bertz CT molecular complexity index is 727. The number of likely N-dealkylation sites (tertiary alicyclic amines) is 2. The number of rotatable bonds is 3. The predicted octanol–water partition coefficient (Wildman–Crippen LogP) is 2.36. The van der Waals surface area contributed by atoms with Crippen LogP contribution in [0.4, 0.5) is 0 Å². The molecule has 1 N–H and O–H groups in total. The van der Waals surface area contributed by atoms with Gasteiger partial charge < -0.3 is 5.11 Å². The smallest absolute Gasteiger partial charge is 0.0890 e. The molecule has 1 aromatic carbocycles. The third kappa shape index (κ3) is 3.84. The molecule has 3 heterocycles. The van der Waals surface area contributed by atoms with Crippen molar-refractivity contribution < 1.29 is 5.11 Å². The van der Waals surface area contributed by atoms with Crippen molar-refractivity contribution in [3.63, 3.8) is 0 Å². The summed E-state index contributed by atoms with van der Waals surface area (Å²) >= 11 is 0. The van der Waals surface area contributed by atoms with Crippen LogP contribution in [0.3, 0.4) is 0 Å². The minimum absolute atomic E-state index is 0.123. The molecular weight excluding hydrogens is 312 g/mol. The van der Waals surface area contributed by atoms with Gasteiger partial charge in [0.2, 0.25) is 0 Å². The number of β-amino-alcohol motifs (C(OH)–C–C–N with tert-alkyl or cyclic N) is 1. The monoisotopic (exact) mass is 340 g/mol. The van der Waals surface area contributed by atoms with E-state index in [-0.39, 0.29) is 6.10 Å². The molecule has 2 fully saturated rings. The van der Waals surface area contributed by atoms with E-state index in [1.54, 1.807) is 0 Å². The van der Waals surface area contributed by atoms with Crippen LogP contribution in [-0.2, 0) is 6.54 Å². The summed E-state index contributed by atoms with van der Waals surface area (Å²) in [5.74, 6) is 0. The SMILES string of the molecule is Cc1nc2ccccc2nc1CN1CCC(N2CCCC(O)C2)CC1. The highest BCUT2D eigenvalue weighted by Crippen LogP contribution is 2.22. The third-order valence-electron chi connectivity index (χ3n) is 5.72. The number of hydrogen-bond acceptors (Lipinski definition) is 5. The van der Waals surface area contributed by atoms with Crippen LogP contribution in [0.25, 0.3) is 11.0 Å². The number of aliphatic hydroxyl groups excluding tert-OH is 1. The number of aromatic nitrogens is 2. The zero-order chi connectivity index (χ0) is 17.2. The predicted molar refractivity (Wildman–Crippen MR) is 99.4 cm³/mol. The largest absolute Gasteiger partial charge is 0.392 e. The fourth-order valence-electron chi connectivity index (χ4n) is 4.24. The van der Waals surface area contributed by atoms with Gasteiger partial charge in [-0.2, -0.15) is 0 Å². The molecule has 0 bridgehead atoms. The van der Waals surface area contributed by atoms with Crippen molar-refractivity contribution in [2.24, 2.45) is 0 Å². The molecule has 4 rings (SSSR count). The lowest BCUT2D eigenvalue weighted by Gasteiger charge is -2.41. The molecule has 0 saturated carbocycles. The van der Waals surface area contributed by atoms with E-state index in [0.29, 0.717) is 6.04 Å². The van der Waals surface area contributed by atoms with Crippen LogP contribution >= 0.6 is 0 Å². The van der Waals surface area contributed by atoms with Crippen LogP contribution in [0, 0.1) is 6.92 Å². The number of aryl methyl sites for hydroxylation is 1. The maximum atomic E-state index is 9.91. The second-order valence-corrected chi connectivity index (χ2v) is 7.54. The first-order chi connectivity index (χ1) is 12.2. The highest BCUT2D eigenvalue weighted by atomic mass is 16.3. The van der Waals surface area contributed by atoms with Crippen LogP contribution in [0.15, 0.2) is 24.3 Å². The van der Waals surface area contributed by atoms with Crippen LogP contribution in [-0.4, -0.2) is 63.2 Å². The Morgan fingerprint density at radius 2 is 1.76 bits per heavy atom. The molecule has 2 aliphatic rings. The highest BCUT2D eigenvalue weighted by molar-refractivity contribution is 5.74. The Balaban J connectivity index is 1.38. The van der Waals surface area contributed by atoms with Crippen LogP contribution in [0.5, 0.6) is 0 Å². The summed E-state index contributed by atoms with van der Waals surface area (Å²) in [6.07, 6.45) is 4.35. The Kier molecular flexibility index (Phi) is 4.97. The van der Waals surface area contributed by atoms with Crippen molar-refractivity contribution in [3.05, 3.63) is 35.7 Å². The Labute approximate surface area is 149 Å². The minimum Gasteiger partial charge on any atom is -0.392 e. The van der Waals surface area contributed by atoms with Gasteiger partial charge in [0.1, 0.15) is 0 Å². The van der Waals surface area contributed by atoms with Crippen molar-refractivity contribution in [2.75, 3.05) is 26.2 Å². The van der Waals surface area contributed by atoms with E-state index in [2.05, 4.69) is 16.7 Å². The molecule has 5 heteroatoms. The number of aliphatic hydroxyl groups is 1. The van der Waals surface area contributed by atoms with Gasteiger partial charge in [0.05, 0.1) is 28.5 Å². The molecule has 134 valence electrons. The topological polar surface area (TPSA) is 52.5 Å². The summed E-state index contributed by atoms with van der Waals surface area (Å²) < 4.78 is 0. The summed E-state index contributed by atoms with van der Waals surface area (Å²) in [4.78, 5) is 14.6. The van der Waals surface area contributed by atoms with E-state index < -0.39 is 0 Å². The average Bonchev–Trinajstić information content (AvgIpc) is 2.63. The van der Waals surface area contributed by atoms with Gasteiger partial charge in [-0.15, -0.1) is 0 Å². The lowest BCUT2D eigenvalue weighted by atomic mass is 9.99. The first kappa shape index (κ1) is 16.9. The average molecular weight is 340 g/mol. The molecule has 1 aromatic heterocycles. The number of fused-ring (bicyclic) bond motifs is 1. The zero-order valence-corrected chi connectivity index (χ0v) is 15.1. The van der Waals surface area contributed by atoms with Gasteiger partial charge in [0, 0.05) is 32.2 Å². The number of benzene rings is 1. The van der Waals surface area contributed by atoms with Crippen molar-refractivity contribution in [3.8, 4) is 0 Å². The normalized spacial score (nSPS) is 24.0. The van der Waals surface area contributed by atoms with Gasteiger partial charge in [-0.3, -0.25) is 9.80 Å². The maximum absolute atomic E-state index is 9.91. The first-order valence-corrected chi connectivity index (χ1v) is 9.56. The molecule has 0 radical (unpaired) electrons. The molecule has 0 spiro atoms. The maximum Gasteiger partial charge on any atom is 0.0890 e. The van der Waals surface area contributed by atoms with Gasteiger partial charge in [-0.05, 0) is 51.3 Å². The third-order valence-corrected chi connectivity index (χ3v) is 5.72. The zero-order valence-electron chi connectivity index (χ0n) is 15.1. The summed E-state index contributed by atoms with van der Waals surface area (Å²) in [6.45, 7) is 7.17. The lowest BCUT2D eigenvalue weighted by Crippen LogP contribution is -2.49. The minimum atomic E-state index is -0.123. The fourth-order valence-corrected chi connectivity index (χ4v) is 4.24. The van der Waals surface area contributed by atoms with Gasteiger partial charge in [0.15, 0.2) is 0 Å². The molecule has 2 aromatic rings. The van der Waals surface area contributed by atoms with E-state index in [1.165, 1.54) is 12.8 Å². The fraction of sp³-hybridized carbons (Fsp3) is 0.600. The quantitative estimate of drug-likeness (QED) is 0.930. The Morgan fingerprint density at radius 3 is 2.48 bits per heavy atom. The molecule has 0 amide bonds. The van der Waals surface area contributed by atoms with E-state index in [1.807, 2.05) is 24.3 Å². The van der Waals surface area contributed by atoms with Gasteiger partial charge in [-0.1, -0.05) is 12.1 Å². The Hall–Kier alpha value is -1.56. The number of para-hydroxylation sites is 2. The van der Waals surface area contributed by atoms with Crippen molar-refractivity contribution in [1.29, 1.82) is 0 Å². The number of hydrogen-bond donors (Lipinski definition) is 1. The molecule has 0 aliphatic carbocycles. The van der Waals surface area contributed by atoms with E-state index in [4.69, 9.17) is 9.97 Å². The summed E-state index contributed by atoms with van der Waals surface area (Å²) in [6, 6.07) is 8.74.